The first-order valence-corrected chi connectivity index (χ1v) is 7.45. The molecule has 0 aliphatic heterocycles. The quantitative estimate of drug-likeness (QED) is 0.743. The number of hydrogen-bond donors (Lipinski definition) is 1. The third-order valence-corrected chi connectivity index (χ3v) is 3.78. The van der Waals surface area contributed by atoms with E-state index in [9.17, 15) is 9.59 Å². The predicted molar refractivity (Wildman–Crippen MR) is 90.5 cm³/mol. The topological polar surface area (TPSA) is 76.7 Å². The van der Waals surface area contributed by atoms with Crippen molar-refractivity contribution in [3.63, 3.8) is 0 Å². The standard InChI is InChI=1S/C19H16O5/c1-11-8-14(23-10-16(20)21)18-12(2)17(13-6-4-3-5-7-13)19(22)24-15(18)9-11/h3-9H,10H2,1-2H3,(H,20,21). The molecule has 0 spiro atoms. The summed E-state index contributed by atoms with van der Waals surface area (Å²) in [5, 5.41) is 9.48. The van der Waals surface area contributed by atoms with Crippen molar-refractivity contribution in [1.82, 2.24) is 0 Å². The van der Waals surface area contributed by atoms with Crippen molar-refractivity contribution in [3.05, 3.63) is 64.0 Å². The van der Waals surface area contributed by atoms with Gasteiger partial charge in [0, 0.05) is 0 Å². The minimum Gasteiger partial charge on any atom is -0.481 e. The third-order valence-electron chi connectivity index (χ3n) is 3.78. The van der Waals surface area contributed by atoms with Gasteiger partial charge < -0.3 is 14.3 Å². The van der Waals surface area contributed by atoms with Crippen LogP contribution < -0.4 is 10.4 Å². The van der Waals surface area contributed by atoms with Gasteiger partial charge in [0.1, 0.15) is 11.3 Å². The second-order valence-corrected chi connectivity index (χ2v) is 5.57. The van der Waals surface area contributed by atoms with Gasteiger partial charge in [-0.25, -0.2) is 9.59 Å². The van der Waals surface area contributed by atoms with E-state index in [0.29, 0.717) is 27.8 Å². The molecule has 1 N–H and O–H groups in total. The molecule has 1 aromatic heterocycles. The van der Waals surface area contributed by atoms with E-state index in [4.69, 9.17) is 14.3 Å². The molecule has 0 saturated carbocycles. The van der Waals surface area contributed by atoms with Crippen molar-refractivity contribution >= 4 is 16.9 Å². The zero-order valence-electron chi connectivity index (χ0n) is 13.3. The van der Waals surface area contributed by atoms with E-state index < -0.39 is 18.2 Å². The number of ether oxygens (including phenoxy) is 1. The molecular weight excluding hydrogens is 308 g/mol. The minimum absolute atomic E-state index is 0.387. The second kappa shape index (κ2) is 6.20. The molecule has 3 rings (SSSR count). The maximum absolute atomic E-state index is 12.4. The monoisotopic (exact) mass is 324 g/mol. The average Bonchev–Trinajstić information content (AvgIpc) is 2.53. The lowest BCUT2D eigenvalue weighted by Gasteiger charge is -2.13. The molecule has 0 unspecified atom stereocenters. The summed E-state index contributed by atoms with van der Waals surface area (Å²) in [4.78, 5) is 23.3. The maximum Gasteiger partial charge on any atom is 0.344 e. The molecule has 5 nitrogen and oxygen atoms in total. The van der Waals surface area contributed by atoms with Crippen LogP contribution in [0.2, 0.25) is 0 Å². The van der Waals surface area contributed by atoms with Gasteiger partial charge in [-0.15, -0.1) is 0 Å². The molecule has 0 atom stereocenters. The highest BCUT2D eigenvalue weighted by Gasteiger charge is 2.17. The minimum atomic E-state index is -1.07. The Morgan fingerprint density at radius 1 is 1.17 bits per heavy atom. The molecule has 2 aromatic carbocycles. The van der Waals surface area contributed by atoms with Crippen molar-refractivity contribution in [1.29, 1.82) is 0 Å². The number of carboxylic acids is 1. The number of benzene rings is 2. The summed E-state index contributed by atoms with van der Waals surface area (Å²) in [7, 11) is 0. The number of rotatable bonds is 4. The first-order valence-electron chi connectivity index (χ1n) is 7.45. The first kappa shape index (κ1) is 15.8. The lowest BCUT2D eigenvalue weighted by molar-refractivity contribution is -0.139. The van der Waals surface area contributed by atoms with Crippen LogP contribution in [-0.2, 0) is 4.79 Å². The van der Waals surface area contributed by atoms with Gasteiger partial charge in [-0.1, -0.05) is 30.3 Å². The molecule has 0 saturated heterocycles. The summed E-state index contributed by atoms with van der Waals surface area (Å²) in [6.45, 7) is 3.18. The lowest BCUT2D eigenvalue weighted by Crippen LogP contribution is -2.11. The smallest absolute Gasteiger partial charge is 0.344 e. The summed E-state index contributed by atoms with van der Waals surface area (Å²) in [5.74, 6) is -0.672. The fourth-order valence-corrected chi connectivity index (χ4v) is 2.79. The van der Waals surface area contributed by atoms with E-state index in [1.807, 2.05) is 44.2 Å². The van der Waals surface area contributed by atoms with Crippen molar-refractivity contribution in [3.8, 4) is 16.9 Å². The zero-order chi connectivity index (χ0) is 17.3. The molecule has 0 radical (unpaired) electrons. The van der Waals surface area contributed by atoms with Crippen LogP contribution in [0.15, 0.2) is 51.7 Å². The van der Waals surface area contributed by atoms with Crippen LogP contribution in [0.1, 0.15) is 11.1 Å². The molecule has 0 fully saturated rings. The van der Waals surface area contributed by atoms with Crippen molar-refractivity contribution in [2.45, 2.75) is 13.8 Å². The molecule has 24 heavy (non-hydrogen) atoms. The highest BCUT2D eigenvalue weighted by molar-refractivity contribution is 5.92. The SMILES string of the molecule is Cc1cc(OCC(=O)O)c2c(C)c(-c3ccccc3)c(=O)oc2c1. The van der Waals surface area contributed by atoms with Crippen LogP contribution in [-0.4, -0.2) is 17.7 Å². The number of fused-ring (bicyclic) bond motifs is 1. The van der Waals surface area contributed by atoms with Gasteiger partial charge in [0.2, 0.25) is 0 Å². The van der Waals surface area contributed by atoms with E-state index in [1.54, 1.807) is 12.1 Å². The molecular formula is C19H16O5. The van der Waals surface area contributed by atoms with Crippen LogP contribution in [0.5, 0.6) is 5.75 Å². The molecule has 5 heteroatoms. The zero-order valence-corrected chi connectivity index (χ0v) is 13.3. The van der Waals surface area contributed by atoms with Gasteiger partial charge >= 0.3 is 11.6 Å². The molecule has 0 aliphatic rings. The largest absolute Gasteiger partial charge is 0.481 e. The van der Waals surface area contributed by atoms with Gasteiger partial charge in [-0.2, -0.15) is 0 Å². The van der Waals surface area contributed by atoms with E-state index in [0.717, 1.165) is 11.1 Å². The number of carboxylic acid groups (broad SMARTS) is 1. The van der Waals surface area contributed by atoms with Crippen LogP contribution in [0, 0.1) is 13.8 Å². The highest BCUT2D eigenvalue weighted by Crippen LogP contribution is 2.34. The Morgan fingerprint density at radius 2 is 1.88 bits per heavy atom. The average molecular weight is 324 g/mol. The fourth-order valence-electron chi connectivity index (χ4n) is 2.79. The Labute approximate surface area is 138 Å². The Balaban J connectivity index is 2.30. The molecule has 122 valence electrons. The molecule has 3 aromatic rings. The normalized spacial score (nSPS) is 10.8. The van der Waals surface area contributed by atoms with Gasteiger partial charge in [0.15, 0.2) is 6.61 Å². The van der Waals surface area contributed by atoms with Crippen molar-refractivity contribution in [2.75, 3.05) is 6.61 Å². The number of carbonyl (C=O) groups is 1. The van der Waals surface area contributed by atoms with E-state index in [2.05, 4.69) is 0 Å². The van der Waals surface area contributed by atoms with Crippen LogP contribution in [0.25, 0.3) is 22.1 Å². The summed E-state index contributed by atoms with van der Waals surface area (Å²) in [6, 6.07) is 12.7. The van der Waals surface area contributed by atoms with Crippen LogP contribution in [0.3, 0.4) is 0 Å². The predicted octanol–water partition coefficient (Wildman–Crippen LogP) is 3.54. The van der Waals surface area contributed by atoms with E-state index in [-0.39, 0.29) is 0 Å². The van der Waals surface area contributed by atoms with Crippen LogP contribution in [0.4, 0.5) is 0 Å². The molecule has 0 amide bonds. The van der Waals surface area contributed by atoms with Crippen LogP contribution >= 0.6 is 0 Å². The molecule has 0 bridgehead atoms. The van der Waals surface area contributed by atoms with E-state index >= 15 is 0 Å². The lowest BCUT2D eigenvalue weighted by atomic mass is 9.98. The van der Waals surface area contributed by atoms with Gasteiger partial charge in [-0.05, 0) is 42.7 Å². The van der Waals surface area contributed by atoms with Crippen molar-refractivity contribution < 1.29 is 19.1 Å². The van der Waals surface area contributed by atoms with Gasteiger partial charge in [-0.3, -0.25) is 0 Å². The summed E-state index contributed by atoms with van der Waals surface area (Å²) in [6.07, 6.45) is 0. The number of aliphatic carboxylic acids is 1. The first-order chi connectivity index (χ1) is 11.5. The Kier molecular flexibility index (Phi) is 4.08. The Morgan fingerprint density at radius 3 is 2.54 bits per heavy atom. The number of aryl methyl sites for hydroxylation is 2. The van der Waals surface area contributed by atoms with Gasteiger partial charge in [0.05, 0.1) is 10.9 Å². The van der Waals surface area contributed by atoms with Crippen molar-refractivity contribution in [2.24, 2.45) is 0 Å². The van der Waals surface area contributed by atoms with Gasteiger partial charge in [0.25, 0.3) is 0 Å². The molecule has 1 heterocycles. The summed E-state index contributed by atoms with van der Waals surface area (Å²) >= 11 is 0. The maximum atomic E-state index is 12.4. The number of hydrogen-bond acceptors (Lipinski definition) is 4. The summed E-state index contributed by atoms with van der Waals surface area (Å²) < 4.78 is 10.9. The third kappa shape index (κ3) is 2.88. The molecule has 0 aliphatic carbocycles. The van der Waals surface area contributed by atoms with E-state index in [1.165, 1.54) is 0 Å². The fraction of sp³-hybridized carbons (Fsp3) is 0.158. The summed E-state index contributed by atoms with van der Waals surface area (Å²) in [5.41, 5.74) is 2.67. The Hall–Kier alpha value is -3.08. The highest BCUT2D eigenvalue weighted by atomic mass is 16.5. The Bertz CT molecular complexity index is 970. The second-order valence-electron chi connectivity index (χ2n) is 5.57.